The molecule has 0 N–H and O–H groups in total. The fourth-order valence-electron chi connectivity index (χ4n) is 3.34. The molecule has 0 saturated carbocycles. The highest BCUT2D eigenvalue weighted by molar-refractivity contribution is 6.23. The second-order valence-electron chi connectivity index (χ2n) is 5.75. The van der Waals surface area contributed by atoms with Crippen molar-refractivity contribution < 1.29 is 13.6 Å². The third-order valence-corrected chi connectivity index (χ3v) is 4.38. The highest BCUT2D eigenvalue weighted by Gasteiger charge is 2.18. The van der Waals surface area contributed by atoms with E-state index in [1.807, 2.05) is 48.5 Å². The molecule has 3 aromatic carbocycles. The van der Waals surface area contributed by atoms with Gasteiger partial charge in [0.25, 0.3) is 0 Å². The van der Waals surface area contributed by atoms with Crippen molar-refractivity contribution in [2.45, 2.75) is 6.92 Å². The second kappa shape index (κ2) is 4.23. The fraction of sp³-hybridized carbons (Fsp3) is 0.0500. The zero-order chi connectivity index (χ0) is 15.6. The number of furan rings is 2. The van der Waals surface area contributed by atoms with E-state index in [9.17, 15) is 4.79 Å². The van der Waals surface area contributed by atoms with Crippen LogP contribution in [-0.2, 0) is 0 Å². The zero-order valence-electron chi connectivity index (χ0n) is 12.4. The second-order valence-corrected chi connectivity index (χ2v) is 5.75. The predicted molar refractivity (Wildman–Crippen MR) is 91.0 cm³/mol. The Morgan fingerprint density at radius 1 is 0.739 bits per heavy atom. The molecule has 3 nitrogen and oxygen atoms in total. The molecule has 0 unspecified atom stereocenters. The van der Waals surface area contributed by atoms with Crippen molar-refractivity contribution in [3.63, 3.8) is 0 Å². The topological polar surface area (TPSA) is 43.4 Å². The number of Topliss-reactive ketones (excluding diaryl/α,β-unsaturated/α-hetero) is 1. The van der Waals surface area contributed by atoms with Crippen LogP contribution < -0.4 is 0 Å². The molecular weight excluding hydrogens is 288 g/mol. The van der Waals surface area contributed by atoms with Crippen LogP contribution in [0.25, 0.3) is 43.9 Å². The molecule has 5 rings (SSSR count). The lowest BCUT2D eigenvalue weighted by molar-refractivity contribution is 0.101. The normalized spacial score (nSPS) is 11.9. The van der Waals surface area contributed by atoms with Gasteiger partial charge in [-0.25, -0.2) is 0 Å². The Morgan fingerprint density at radius 3 is 2.39 bits per heavy atom. The Balaban J connectivity index is 2.07. The van der Waals surface area contributed by atoms with Crippen molar-refractivity contribution in [1.82, 2.24) is 0 Å². The zero-order valence-corrected chi connectivity index (χ0v) is 12.4. The third kappa shape index (κ3) is 1.56. The smallest absolute Gasteiger partial charge is 0.163 e. The van der Waals surface area contributed by atoms with Crippen molar-refractivity contribution in [2.24, 2.45) is 0 Å². The van der Waals surface area contributed by atoms with Gasteiger partial charge in [0.15, 0.2) is 5.78 Å². The molecule has 0 aliphatic heterocycles. The molecule has 0 amide bonds. The van der Waals surface area contributed by atoms with Gasteiger partial charge in [0.1, 0.15) is 22.3 Å². The number of benzene rings is 3. The summed E-state index contributed by atoms with van der Waals surface area (Å²) in [4.78, 5) is 11.9. The van der Waals surface area contributed by atoms with Gasteiger partial charge in [-0.3, -0.25) is 4.79 Å². The first-order valence-electron chi connectivity index (χ1n) is 7.50. The number of rotatable bonds is 1. The molecule has 0 saturated heterocycles. The number of para-hydroxylation sites is 2. The summed E-state index contributed by atoms with van der Waals surface area (Å²) in [5, 5.41) is 3.95. The molecule has 0 aliphatic rings. The van der Waals surface area contributed by atoms with Crippen LogP contribution in [0.15, 0.2) is 63.4 Å². The largest absolute Gasteiger partial charge is 0.456 e. The molecule has 0 atom stereocenters. The van der Waals surface area contributed by atoms with Gasteiger partial charge in [-0.15, -0.1) is 0 Å². The molecule has 2 heterocycles. The molecule has 2 aromatic heterocycles. The molecular formula is C20H12O3. The maximum atomic E-state index is 11.9. The summed E-state index contributed by atoms with van der Waals surface area (Å²) in [6, 6.07) is 17.6. The lowest BCUT2D eigenvalue weighted by Crippen LogP contribution is -1.91. The van der Waals surface area contributed by atoms with Crippen LogP contribution in [-0.4, -0.2) is 5.78 Å². The number of hydrogen-bond acceptors (Lipinski definition) is 3. The van der Waals surface area contributed by atoms with E-state index in [0.29, 0.717) is 11.1 Å². The molecule has 3 heteroatoms. The number of hydrogen-bond donors (Lipinski definition) is 0. The predicted octanol–water partition coefficient (Wildman–Crippen LogP) is 5.69. The van der Waals surface area contributed by atoms with Crippen molar-refractivity contribution in [1.29, 1.82) is 0 Å². The number of carbonyl (C=O) groups is 1. The maximum absolute atomic E-state index is 11.9. The minimum absolute atomic E-state index is 0.00273. The Kier molecular flexibility index (Phi) is 2.29. The van der Waals surface area contributed by atoms with Crippen molar-refractivity contribution in [2.75, 3.05) is 0 Å². The molecule has 0 aliphatic carbocycles. The Bertz CT molecular complexity index is 1240. The molecule has 5 aromatic rings. The van der Waals surface area contributed by atoms with E-state index in [1.165, 1.54) is 0 Å². The maximum Gasteiger partial charge on any atom is 0.163 e. The first kappa shape index (κ1) is 12.5. The number of ketones is 1. The number of carbonyl (C=O) groups excluding carboxylic acids is 1. The molecule has 0 bridgehead atoms. The van der Waals surface area contributed by atoms with E-state index < -0.39 is 0 Å². The summed E-state index contributed by atoms with van der Waals surface area (Å²) in [6.45, 7) is 1.56. The summed E-state index contributed by atoms with van der Waals surface area (Å²) in [7, 11) is 0. The van der Waals surface area contributed by atoms with Crippen LogP contribution in [0.1, 0.15) is 17.3 Å². The van der Waals surface area contributed by atoms with Crippen LogP contribution >= 0.6 is 0 Å². The van der Waals surface area contributed by atoms with Gasteiger partial charge < -0.3 is 8.83 Å². The molecule has 0 spiro atoms. The van der Waals surface area contributed by atoms with Gasteiger partial charge in [0, 0.05) is 16.2 Å². The highest BCUT2D eigenvalue weighted by atomic mass is 16.3. The average Bonchev–Trinajstić information content (AvgIpc) is 3.11. The first-order valence-corrected chi connectivity index (χ1v) is 7.50. The Morgan fingerprint density at radius 2 is 1.52 bits per heavy atom. The summed E-state index contributed by atoms with van der Waals surface area (Å²) in [6.07, 6.45) is 0. The van der Waals surface area contributed by atoms with E-state index >= 15 is 0 Å². The highest BCUT2D eigenvalue weighted by Crippen LogP contribution is 2.39. The average molecular weight is 300 g/mol. The summed E-state index contributed by atoms with van der Waals surface area (Å²) >= 11 is 0. The van der Waals surface area contributed by atoms with Crippen LogP contribution in [0.4, 0.5) is 0 Å². The van der Waals surface area contributed by atoms with E-state index in [0.717, 1.165) is 38.3 Å². The monoisotopic (exact) mass is 300 g/mol. The Hall–Kier alpha value is -3.07. The third-order valence-electron chi connectivity index (χ3n) is 4.38. The van der Waals surface area contributed by atoms with E-state index in [1.54, 1.807) is 13.0 Å². The lowest BCUT2D eigenvalue weighted by atomic mass is 10.1. The van der Waals surface area contributed by atoms with Gasteiger partial charge in [0.05, 0.1) is 10.9 Å². The van der Waals surface area contributed by atoms with E-state index in [-0.39, 0.29) is 5.78 Å². The quantitative estimate of drug-likeness (QED) is 0.374. The van der Waals surface area contributed by atoms with Gasteiger partial charge in [-0.05, 0) is 31.2 Å². The van der Waals surface area contributed by atoms with Crippen molar-refractivity contribution >= 4 is 49.7 Å². The van der Waals surface area contributed by atoms with Gasteiger partial charge >= 0.3 is 0 Å². The minimum Gasteiger partial charge on any atom is -0.456 e. The van der Waals surface area contributed by atoms with Gasteiger partial charge in [0.2, 0.25) is 0 Å². The van der Waals surface area contributed by atoms with E-state index in [4.69, 9.17) is 8.83 Å². The van der Waals surface area contributed by atoms with E-state index in [2.05, 4.69) is 0 Å². The van der Waals surface area contributed by atoms with Crippen LogP contribution in [0.5, 0.6) is 0 Å². The lowest BCUT2D eigenvalue weighted by Gasteiger charge is -1.95. The molecule has 110 valence electrons. The minimum atomic E-state index is 0.00273. The van der Waals surface area contributed by atoms with Crippen LogP contribution in [0.2, 0.25) is 0 Å². The van der Waals surface area contributed by atoms with Gasteiger partial charge in [-0.2, -0.15) is 0 Å². The SMILES string of the molecule is CC(=O)c1cccc2c1oc1c2ccc2oc3ccccc3c21. The van der Waals surface area contributed by atoms with Gasteiger partial charge in [-0.1, -0.05) is 30.3 Å². The van der Waals surface area contributed by atoms with Crippen molar-refractivity contribution in [3.05, 3.63) is 60.2 Å². The summed E-state index contributed by atoms with van der Waals surface area (Å²) < 4.78 is 12.1. The number of fused-ring (bicyclic) bond motifs is 7. The van der Waals surface area contributed by atoms with Crippen LogP contribution in [0, 0.1) is 0 Å². The fourth-order valence-corrected chi connectivity index (χ4v) is 3.34. The summed E-state index contributed by atoms with van der Waals surface area (Å²) in [5.74, 6) is 0.00273. The van der Waals surface area contributed by atoms with Crippen molar-refractivity contribution in [3.8, 4) is 0 Å². The van der Waals surface area contributed by atoms with Crippen LogP contribution in [0.3, 0.4) is 0 Å². The molecule has 0 fully saturated rings. The molecule has 0 radical (unpaired) electrons. The molecule has 23 heavy (non-hydrogen) atoms. The standard InChI is InChI=1S/C20H12O3/c1-11(21)12-6-4-7-13-14-9-10-17-18(20(14)23-19(12)13)15-5-2-3-8-16(15)22-17/h2-10H,1H3. The first-order chi connectivity index (χ1) is 11.2. The summed E-state index contributed by atoms with van der Waals surface area (Å²) in [5.41, 5.74) is 3.66. The Labute approximate surface area is 131 Å².